The van der Waals surface area contributed by atoms with Gasteiger partial charge in [0, 0.05) is 24.3 Å². The number of aryl methyl sites for hydroxylation is 1. The predicted octanol–water partition coefficient (Wildman–Crippen LogP) is 3.31. The van der Waals surface area contributed by atoms with E-state index in [2.05, 4.69) is 12.2 Å². The van der Waals surface area contributed by atoms with Crippen molar-refractivity contribution in [3.05, 3.63) is 59.9 Å². The third kappa shape index (κ3) is 4.99. The molecule has 0 aliphatic carbocycles. The van der Waals surface area contributed by atoms with Gasteiger partial charge in [0.25, 0.3) is 5.91 Å². The lowest BCUT2D eigenvalue weighted by molar-refractivity contribution is -0.157. The molecule has 2 atom stereocenters. The molecule has 2 aromatic carbocycles. The van der Waals surface area contributed by atoms with Crippen LogP contribution in [0.15, 0.2) is 48.5 Å². The molecule has 0 unspecified atom stereocenters. The maximum Gasteiger partial charge on any atom is 0.312 e. The van der Waals surface area contributed by atoms with Crippen LogP contribution in [0.4, 0.5) is 15.8 Å². The van der Waals surface area contributed by atoms with Crippen molar-refractivity contribution in [2.45, 2.75) is 32.8 Å². The number of esters is 1. The van der Waals surface area contributed by atoms with Crippen LogP contribution in [-0.4, -0.2) is 30.4 Å². The van der Waals surface area contributed by atoms with E-state index in [4.69, 9.17) is 4.74 Å². The van der Waals surface area contributed by atoms with Gasteiger partial charge in [0.15, 0.2) is 6.10 Å². The number of amides is 2. The molecule has 1 aliphatic rings. The van der Waals surface area contributed by atoms with E-state index < -0.39 is 29.7 Å². The first-order valence-electron chi connectivity index (χ1n) is 9.53. The number of ether oxygens (including phenoxy) is 1. The van der Waals surface area contributed by atoms with E-state index >= 15 is 0 Å². The van der Waals surface area contributed by atoms with Crippen molar-refractivity contribution in [1.29, 1.82) is 0 Å². The predicted molar refractivity (Wildman–Crippen MR) is 107 cm³/mol. The summed E-state index contributed by atoms with van der Waals surface area (Å²) in [6.45, 7) is 3.72. The van der Waals surface area contributed by atoms with Gasteiger partial charge in [0.1, 0.15) is 5.82 Å². The second kappa shape index (κ2) is 8.86. The van der Waals surface area contributed by atoms with Gasteiger partial charge >= 0.3 is 5.97 Å². The van der Waals surface area contributed by atoms with Gasteiger partial charge in [0.05, 0.1) is 5.92 Å². The van der Waals surface area contributed by atoms with Gasteiger partial charge in [-0.3, -0.25) is 14.4 Å². The molecule has 0 saturated carbocycles. The second-order valence-corrected chi connectivity index (χ2v) is 7.00. The molecule has 152 valence electrons. The zero-order valence-electron chi connectivity index (χ0n) is 16.4. The summed E-state index contributed by atoms with van der Waals surface area (Å²) in [4.78, 5) is 38.6. The summed E-state index contributed by atoms with van der Waals surface area (Å²) in [5.41, 5.74) is 2.30. The lowest BCUT2D eigenvalue weighted by Gasteiger charge is -2.18. The van der Waals surface area contributed by atoms with Gasteiger partial charge in [-0.25, -0.2) is 4.39 Å². The fraction of sp³-hybridized carbons (Fsp3) is 0.318. The van der Waals surface area contributed by atoms with Crippen LogP contribution < -0.4 is 10.2 Å². The number of hydrogen-bond donors (Lipinski definition) is 1. The molecule has 1 saturated heterocycles. The molecule has 1 heterocycles. The van der Waals surface area contributed by atoms with Gasteiger partial charge in [0.2, 0.25) is 5.91 Å². The summed E-state index contributed by atoms with van der Waals surface area (Å²) in [5, 5.41) is 2.56. The van der Waals surface area contributed by atoms with Crippen molar-refractivity contribution in [2.24, 2.45) is 5.92 Å². The quantitative estimate of drug-likeness (QED) is 0.758. The average molecular weight is 398 g/mol. The van der Waals surface area contributed by atoms with Crippen LogP contribution in [0.1, 0.15) is 25.8 Å². The maximum atomic E-state index is 12.9. The number of halogens is 1. The number of rotatable bonds is 6. The number of carbonyl (C=O) groups excluding carboxylic acids is 3. The van der Waals surface area contributed by atoms with Crippen molar-refractivity contribution in [2.75, 3.05) is 16.8 Å². The molecule has 1 aliphatic heterocycles. The molecule has 6 nitrogen and oxygen atoms in total. The summed E-state index contributed by atoms with van der Waals surface area (Å²) in [6.07, 6.45) is -0.0950. The van der Waals surface area contributed by atoms with Gasteiger partial charge in [-0.15, -0.1) is 0 Å². The van der Waals surface area contributed by atoms with Crippen molar-refractivity contribution >= 4 is 29.2 Å². The Hall–Kier alpha value is -3.22. The third-order valence-corrected chi connectivity index (χ3v) is 4.89. The third-order valence-electron chi connectivity index (χ3n) is 4.89. The summed E-state index contributed by atoms with van der Waals surface area (Å²) in [5.74, 6) is -2.31. The van der Waals surface area contributed by atoms with Gasteiger partial charge < -0.3 is 15.0 Å². The Labute approximate surface area is 168 Å². The Bertz CT molecular complexity index is 896. The lowest BCUT2D eigenvalue weighted by Crippen LogP contribution is -2.33. The maximum absolute atomic E-state index is 12.9. The molecule has 1 N–H and O–H groups in total. The van der Waals surface area contributed by atoms with Crippen molar-refractivity contribution in [3.8, 4) is 0 Å². The minimum atomic E-state index is -1.04. The van der Waals surface area contributed by atoms with E-state index in [0.29, 0.717) is 5.69 Å². The molecule has 0 aromatic heterocycles. The standard InChI is InChI=1S/C22H23FN2O4/c1-3-15-4-10-19(11-5-15)25-13-16(12-20(25)26)22(28)29-14(2)21(27)24-18-8-6-17(23)7-9-18/h4-11,14,16H,3,12-13H2,1-2H3,(H,24,27)/t14-,16-/m1/s1. The zero-order chi connectivity index (χ0) is 21.0. The highest BCUT2D eigenvalue weighted by Gasteiger charge is 2.37. The summed E-state index contributed by atoms with van der Waals surface area (Å²) in [6, 6.07) is 12.9. The van der Waals surface area contributed by atoms with E-state index in [1.54, 1.807) is 4.90 Å². The molecule has 2 amide bonds. The van der Waals surface area contributed by atoms with Crippen LogP contribution in [0.3, 0.4) is 0 Å². The Morgan fingerprint density at radius 2 is 1.83 bits per heavy atom. The van der Waals surface area contributed by atoms with E-state index in [1.807, 2.05) is 24.3 Å². The highest BCUT2D eigenvalue weighted by Crippen LogP contribution is 2.26. The normalized spacial score (nSPS) is 17.1. The van der Waals surface area contributed by atoms with Crippen LogP contribution in [0, 0.1) is 11.7 Å². The van der Waals surface area contributed by atoms with E-state index in [-0.39, 0.29) is 18.9 Å². The van der Waals surface area contributed by atoms with Crippen LogP contribution in [0.2, 0.25) is 0 Å². The number of carbonyl (C=O) groups is 3. The van der Waals surface area contributed by atoms with Crippen molar-refractivity contribution < 1.29 is 23.5 Å². The van der Waals surface area contributed by atoms with Gasteiger partial charge in [-0.05, 0) is 55.3 Å². The Morgan fingerprint density at radius 1 is 1.17 bits per heavy atom. The Kier molecular flexibility index (Phi) is 6.26. The zero-order valence-corrected chi connectivity index (χ0v) is 16.4. The molecule has 2 aromatic rings. The summed E-state index contributed by atoms with van der Waals surface area (Å²) in [7, 11) is 0. The average Bonchev–Trinajstić information content (AvgIpc) is 3.11. The molecular formula is C22H23FN2O4. The molecule has 3 rings (SSSR count). The molecular weight excluding hydrogens is 375 g/mol. The number of hydrogen-bond acceptors (Lipinski definition) is 4. The van der Waals surface area contributed by atoms with Gasteiger partial charge in [-0.1, -0.05) is 19.1 Å². The molecule has 7 heteroatoms. The Morgan fingerprint density at radius 3 is 2.45 bits per heavy atom. The lowest BCUT2D eigenvalue weighted by atomic mass is 10.1. The first-order valence-corrected chi connectivity index (χ1v) is 9.53. The van der Waals surface area contributed by atoms with E-state index in [0.717, 1.165) is 17.7 Å². The second-order valence-electron chi connectivity index (χ2n) is 7.00. The Balaban J connectivity index is 1.56. The first kappa shape index (κ1) is 20.5. The minimum Gasteiger partial charge on any atom is -0.452 e. The summed E-state index contributed by atoms with van der Waals surface area (Å²) >= 11 is 0. The number of benzene rings is 2. The molecule has 0 bridgehead atoms. The van der Waals surface area contributed by atoms with Gasteiger partial charge in [-0.2, -0.15) is 0 Å². The highest BCUT2D eigenvalue weighted by atomic mass is 19.1. The van der Waals surface area contributed by atoms with Crippen LogP contribution in [-0.2, 0) is 25.5 Å². The smallest absolute Gasteiger partial charge is 0.312 e. The SMILES string of the molecule is CCc1ccc(N2C[C@H](C(=O)O[C@H](C)C(=O)Nc3ccc(F)cc3)CC2=O)cc1. The number of nitrogens with zero attached hydrogens (tertiary/aromatic N) is 1. The van der Waals surface area contributed by atoms with Crippen LogP contribution in [0.5, 0.6) is 0 Å². The molecule has 29 heavy (non-hydrogen) atoms. The monoisotopic (exact) mass is 398 g/mol. The molecule has 1 fully saturated rings. The highest BCUT2D eigenvalue weighted by molar-refractivity contribution is 6.00. The van der Waals surface area contributed by atoms with E-state index in [9.17, 15) is 18.8 Å². The van der Waals surface area contributed by atoms with Crippen molar-refractivity contribution in [1.82, 2.24) is 0 Å². The summed E-state index contributed by atoms with van der Waals surface area (Å²) < 4.78 is 18.2. The number of nitrogens with one attached hydrogen (secondary N) is 1. The van der Waals surface area contributed by atoms with Crippen LogP contribution in [0.25, 0.3) is 0 Å². The first-order chi connectivity index (χ1) is 13.9. The minimum absolute atomic E-state index is 0.0423. The topological polar surface area (TPSA) is 75.7 Å². The van der Waals surface area contributed by atoms with E-state index in [1.165, 1.54) is 31.2 Å². The number of anilines is 2. The molecule has 0 radical (unpaired) electrons. The fourth-order valence-electron chi connectivity index (χ4n) is 3.13. The van der Waals surface area contributed by atoms with Crippen molar-refractivity contribution in [3.63, 3.8) is 0 Å². The fourth-order valence-corrected chi connectivity index (χ4v) is 3.13. The largest absolute Gasteiger partial charge is 0.452 e. The molecule has 0 spiro atoms. The van der Waals surface area contributed by atoms with Crippen LogP contribution >= 0.6 is 0 Å².